The van der Waals surface area contributed by atoms with Crippen molar-refractivity contribution in [2.24, 2.45) is 11.1 Å². The van der Waals surface area contributed by atoms with Crippen LogP contribution in [-0.2, 0) is 19.7 Å². The summed E-state index contributed by atoms with van der Waals surface area (Å²) in [5, 5.41) is 0. The second kappa shape index (κ2) is 7.18. The highest BCUT2D eigenvalue weighted by Crippen LogP contribution is 2.17. The number of hydrogen-bond acceptors (Lipinski definition) is 5. The van der Waals surface area contributed by atoms with Gasteiger partial charge < -0.3 is 10.5 Å². The molecule has 7 nitrogen and oxygen atoms in total. The van der Waals surface area contributed by atoms with Crippen LogP contribution >= 0.6 is 0 Å². The van der Waals surface area contributed by atoms with Crippen molar-refractivity contribution in [1.29, 1.82) is 0 Å². The predicted octanol–water partition coefficient (Wildman–Crippen LogP) is -0.357. The molecule has 0 bridgehead atoms. The summed E-state index contributed by atoms with van der Waals surface area (Å²) >= 11 is 0. The molecule has 0 spiro atoms. The van der Waals surface area contributed by atoms with Gasteiger partial charge in [-0.15, -0.1) is 0 Å². The van der Waals surface area contributed by atoms with Gasteiger partial charge in [-0.3, -0.25) is 4.79 Å². The number of nitrogens with two attached hydrogens (primary N) is 1. The summed E-state index contributed by atoms with van der Waals surface area (Å²) in [7, 11) is 0.624. The van der Waals surface area contributed by atoms with Gasteiger partial charge in [0.15, 0.2) is 0 Å². The van der Waals surface area contributed by atoms with Gasteiger partial charge >= 0.3 is 5.97 Å². The van der Waals surface area contributed by atoms with Gasteiger partial charge in [0.25, 0.3) is 10.2 Å². The monoisotopic (exact) mass is 295 g/mol. The molecule has 0 amide bonds. The summed E-state index contributed by atoms with van der Waals surface area (Å²) in [6.07, 6.45) is 0.0281. The molecule has 114 valence electrons. The first kappa shape index (κ1) is 18.3. The molecule has 0 aliphatic rings. The SMILES string of the molecule is COC(=O)CCN(C)S(=O)(=O)N(C)CC(C)(C)CN. The third kappa shape index (κ3) is 5.85. The predicted molar refractivity (Wildman–Crippen MR) is 73.6 cm³/mol. The van der Waals surface area contributed by atoms with Crippen LogP contribution in [0.15, 0.2) is 0 Å². The van der Waals surface area contributed by atoms with Crippen molar-refractivity contribution >= 4 is 16.2 Å². The first-order chi connectivity index (χ1) is 8.56. The summed E-state index contributed by atoms with van der Waals surface area (Å²) in [5.74, 6) is -0.438. The number of nitrogens with zero attached hydrogens (tertiary/aromatic N) is 2. The maximum atomic E-state index is 12.2. The molecule has 0 aromatic heterocycles. The molecule has 0 unspecified atom stereocenters. The molecular formula is C11H25N3O4S. The molecule has 0 atom stereocenters. The Kier molecular flexibility index (Phi) is 6.92. The van der Waals surface area contributed by atoms with Gasteiger partial charge in [-0.1, -0.05) is 13.8 Å². The summed E-state index contributed by atoms with van der Waals surface area (Å²) in [6.45, 7) is 4.58. The Bertz CT molecular complexity index is 395. The van der Waals surface area contributed by atoms with Crippen LogP contribution in [0, 0.1) is 5.41 Å². The zero-order valence-electron chi connectivity index (χ0n) is 12.3. The fourth-order valence-corrected chi connectivity index (χ4v) is 2.76. The minimum atomic E-state index is -3.58. The maximum absolute atomic E-state index is 12.2. The zero-order chi connectivity index (χ0) is 15.3. The Labute approximate surface area is 115 Å². The van der Waals surface area contributed by atoms with Crippen LogP contribution < -0.4 is 5.73 Å². The molecule has 2 N–H and O–H groups in total. The number of hydrogen-bond donors (Lipinski definition) is 1. The molecule has 0 aromatic carbocycles. The minimum Gasteiger partial charge on any atom is -0.469 e. The lowest BCUT2D eigenvalue weighted by atomic mass is 9.94. The van der Waals surface area contributed by atoms with E-state index in [4.69, 9.17) is 5.73 Å². The Hall–Kier alpha value is -0.700. The van der Waals surface area contributed by atoms with E-state index in [1.54, 1.807) is 0 Å². The highest BCUT2D eigenvalue weighted by Gasteiger charge is 2.29. The van der Waals surface area contributed by atoms with E-state index in [1.165, 1.54) is 25.5 Å². The highest BCUT2D eigenvalue weighted by molar-refractivity contribution is 7.86. The Morgan fingerprint density at radius 1 is 1.26 bits per heavy atom. The van der Waals surface area contributed by atoms with E-state index in [1.807, 2.05) is 13.8 Å². The lowest BCUT2D eigenvalue weighted by Crippen LogP contribution is -2.45. The molecule has 0 saturated heterocycles. The Morgan fingerprint density at radius 2 is 1.79 bits per heavy atom. The highest BCUT2D eigenvalue weighted by atomic mass is 32.2. The number of carbonyl (C=O) groups is 1. The Balaban J connectivity index is 4.64. The van der Waals surface area contributed by atoms with Gasteiger partial charge in [0.1, 0.15) is 0 Å². The van der Waals surface area contributed by atoms with Crippen LogP contribution in [0.25, 0.3) is 0 Å². The molecule has 0 heterocycles. The number of methoxy groups -OCH3 is 1. The van der Waals surface area contributed by atoms with Crippen molar-refractivity contribution in [3.05, 3.63) is 0 Å². The van der Waals surface area contributed by atoms with E-state index >= 15 is 0 Å². The smallest absolute Gasteiger partial charge is 0.306 e. The third-order valence-electron chi connectivity index (χ3n) is 2.85. The normalized spacial score (nSPS) is 13.1. The van der Waals surface area contributed by atoms with E-state index in [-0.39, 0.29) is 18.4 Å². The van der Waals surface area contributed by atoms with Crippen molar-refractivity contribution in [1.82, 2.24) is 8.61 Å². The first-order valence-electron chi connectivity index (χ1n) is 6.01. The fourth-order valence-electron chi connectivity index (χ4n) is 1.45. The lowest BCUT2D eigenvalue weighted by molar-refractivity contribution is -0.140. The van der Waals surface area contributed by atoms with Crippen LogP contribution in [0.2, 0.25) is 0 Å². The van der Waals surface area contributed by atoms with E-state index in [0.29, 0.717) is 13.1 Å². The van der Waals surface area contributed by atoms with Crippen molar-refractivity contribution in [3.63, 3.8) is 0 Å². The molecule has 0 aliphatic heterocycles. The summed E-state index contributed by atoms with van der Waals surface area (Å²) in [6, 6.07) is 0. The maximum Gasteiger partial charge on any atom is 0.306 e. The molecule has 0 rings (SSSR count). The van der Waals surface area contributed by atoms with Gasteiger partial charge in [-0.2, -0.15) is 17.0 Å². The summed E-state index contributed by atoms with van der Waals surface area (Å²) in [5.41, 5.74) is 5.29. The second-order valence-corrected chi connectivity index (χ2v) is 7.42. The van der Waals surface area contributed by atoms with Crippen LogP contribution in [0.4, 0.5) is 0 Å². The molecule has 0 fully saturated rings. The second-order valence-electron chi connectivity index (χ2n) is 5.28. The average molecular weight is 295 g/mol. The van der Waals surface area contributed by atoms with Crippen LogP contribution in [0.3, 0.4) is 0 Å². The molecule has 0 saturated carbocycles. The molecular weight excluding hydrogens is 270 g/mol. The van der Waals surface area contributed by atoms with E-state index in [2.05, 4.69) is 4.74 Å². The van der Waals surface area contributed by atoms with Gasteiger partial charge in [0.2, 0.25) is 0 Å². The van der Waals surface area contributed by atoms with Gasteiger partial charge in [0, 0.05) is 27.2 Å². The van der Waals surface area contributed by atoms with E-state index in [9.17, 15) is 13.2 Å². The first-order valence-corrected chi connectivity index (χ1v) is 7.41. The van der Waals surface area contributed by atoms with Gasteiger partial charge in [-0.05, 0) is 12.0 Å². The quantitative estimate of drug-likeness (QED) is 0.617. The van der Waals surface area contributed by atoms with Crippen LogP contribution in [-0.4, -0.2) is 63.8 Å². The standard InChI is InChI=1S/C11H25N3O4S/c1-11(2,8-12)9-14(4)19(16,17)13(3)7-6-10(15)18-5/h6-9,12H2,1-5H3. The largest absolute Gasteiger partial charge is 0.469 e. The van der Waals surface area contributed by atoms with Crippen molar-refractivity contribution < 1.29 is 17.9 Å². The van der Waals surface area contributed by atoms with E-state index < -0.39 is 16.2 Å². The number of ether oxygens (including phenoxy) is 1. The fraction of sp³-hybridized carbons (Fsp3) is 0.909. The van der Waals surface area contributed by atoms with Gasteiger partial charge in [0.05, 0.1) is 13.5 Å². The molecule has 19 heavy (non-hydrogen) atoms. The van der Waals surface area contributed by atoms with Crippen LogP contribution in [0.5, 0.6) is 0 Å². The number of carbonyl (C=O) groups excluding carboxylic acids is 1. The zero-order valence-corrected chi connectivity index (χ0v) is 13.2. The minimum absolute atomic E-state index is 0.0281. The molecule has 0 aromatic rings. The van der Waals surface area contributed by atoms with Crippen LogP contribution in [0.1, 0.15) is 20.3 Å². The van der Waals surface area contributed by atoms with Crippen molar-refractivity contribution in [2.75, 3.05) is 40.8 Å². The number of rotatable bonds is 8. The molecule has 8 heteroatoms. The third-order valence-corrected chi connectivity index (χ3v) is 4.74. The van der Waals surface area contributed by atoms with Crippen molar-refractivity contribution in [3.8, 4) is 0 Å². The molecule has 0 radical (unpaired) electrons. The van der Waals surface area contributed by atoms with Gasteiger partial charge in [-0.25, -0.2) is 0 Å². The van der Waals surface area contributed by atoms with Crippen molar-refractivity contribution in [2.45, 2.75) is 20.3 Å². The lowest BCUT2D eigenvalue weighted by Gasteiger charge is -2.31. The number of esters is 1. The summed E-state index contributed by atoms with van der Waals surface area (Å²) < 4.78 is 31.2. The average Bonchev–Trinajstić information content (AvgIpc) is 2.34. The Morgan fingerprint density at radius 3 is 2.21 bits per heavy atom. The molecule has 0 aliphatic carbocycles. The topological polar surface area (TPSA) is 92.9 Å². The summed E-state index contributed by atoms with van der Waals surface area (Å²) in [4.78, 5) is 11.0. The van der Waals surface area contributed by atoms with E-state index in [0.717, 1.165) is 4.31 Å².